The molecule has 2 heterocycles. The van der Waals surface area contributed by atoms with Crippen molar-refractivity contribution in [2.24, 2.45) is 0 Å². The predicted octanol–water partition coefficient (Wildman–Crippen LogP) is 4.81. The van der Waals surface area contributed by atoms with Gasteiger partial charge in [-0.1, -0.05) is 26.0 Å². The highest BCUT2D eigenvalue weighted by Crippen LogP contribution is 2.44. The van der Waals surface area contributed by atoms with E-state index in [4.69, 9.17) is 0 Å². The van der Waals surface area contributed by atoms with Crippen molar-refractivity contribution in [1.29, 1.82) is 0 Å². The first-order valence-electron chi connectivity index (χ1n) is 6.94. The lowest BCUT2D eigenvalue weighted by Gasteiger charge is -2.31. The minimum atomic E-state index is -0.840. The number of aromatic carboxylic acids is 1. The summed E-state index contributed by atoms with van der Waals surface area (Å²) in [7, 11) is 0. The van der Waals surface area contributed by atoms with Crippen LogP contribution in [0.5, 0.6) is 0 Å². The molecule has 1 N–H and O–H groups in total. The Kier molecular flexibility index (Phi) is 3.95. The number of benzene rings is 1. The van der Waals surface area contributed by atoms with E-state index in [1.54, 1.807) is 0 Å². The van der Waals surface area contributed by atoms with Gasteiger partial charge in [0.15, 0.2) is 0 Å². The van der Waals surface area contributed by atoms with Crippen LogP contribution in [0.25, 0.3) is 0 Å². The number of thiophene rings is 1. The number of anilines is 2. The molecule has 0 unspecified atom stereocenters. The van der Waals surface area contributed by atoms with Crippen LogP contribution in [0.1, 0.15) is 35.0 Å². The number of carbonyl (C=O) groups is 1. The maximum absolute atomic E-state index is 11.3. The molecule has 110 valence electrons. The van der Waals surface area contributed by atoms with E-state index in [1.807, 2.05) is 23.9 Å². The summed E-state index contributed by atoms with van der Waals surface area (Å²) in [6.45, 7) is 5.14. The number of rotatable bonds is 3. The number of carboxylic acid groups (broad SMARTS) is 1. The highest BCUT2D eigenvalue weighted by atomic mass is 32.2. The standard InChI is InChI=1S/C16H17NO2S2/c1-10(2)11-9-14(16(18)19)21-15(11)17-7-8-20-13-6-4-3-5-12(13)17/h3-6,9-10H,7-8H2,1-2H3,(H,18,19). The summed E-state index contributed by atoms with van der Waals surface area (Å²) >= 11 is 3.24. The molecule has 0 spiro atoms. The maximum Gasteiger partial charge on any atom is 0.345 e. The average Bonchev–Trinajstić information content (AvgIpc) is 2.92. The Labute approximate surface area is 132 Å². The summed E-state index contributed by atoms with van der Waals surface area (Å²) < 4.78 is 0. The van der Waals surface area contributed by atoms with Crippen molar-refractivity contribution < 1.29 is 9.90 Å². The Hall–Kier alpha value is -1.46. The molecule has 0 radical (unpaired) electrons. The molecule has 21 heavy (non-hydrogen) atoms. The summed E-state index contributed by atoms with van der Waals surface area (Å²) in [4.78, 5) is 15.3. The fraction of sp³-hybridized carbons (Fsp3) is 0.312. The molecule has 1 aliphatic rings. The van der Waals surface area contributed by atoms with Crippen molar-refractivity contribution >= 4 is 39.8 Å². The van der Waals surface area contributed by atoms with E-state index >= 15 is 0 Å². The lowest BCUT2D eigenvalue weighted by Crippen LogP contribution is -2.24. The number of nitrogens with zero attached hydrogens (tertiary/aromatic N) is 1. The second-order valence-corrected chi connectivity index (χ2v) is 7.47. The Morgan fingerprint density at radius 1 is 1.33 bits per heavy atom. The van der Waals surface area contributed by atoms with Crippen molar-refractivity contribution in [3.8, 4) is 0 Å². The van der Waals surface area contributed by atoms with Crippen LogP contribution < -0.4 is 4.90 Å². The van der Waals surface area contributed by atoms with E-state index < -0.39 is 5.97 Å². The quantitative estimate of drug-likeness (QED) is 0.881. The van der Waals surface area contributed by atoms with Crippen molar-refractivity contribution in [3.05, 3.63) is 40.8 Å². The van der Waals surface area contributed by atoms with E-state index in [0.717, 1.165) is 22.9 Å². The van der Waals surface area contributed by atoms with Gasteiger partial charge in [0.25, 0.3) is 0 Å². The van der Waals surface area contributed by atoms with Gasteiger partial charge in [-0.3, -0.25) is 0 Å². The van der Waals surface area contributed by atoms with Crippen molar-refractivity contribution in [1.82, 2.24) is 0 Å². The van der Waals surface area contributed by atoms with Crippen LogP contribution in [-0.2, 0) is 0 Å². The average molecular weight is 319 g/mol. The highest BCUT2D eigenvalue weighted by Gasteiger charge is 2.25. The number of hydrogen-bond donors (Lipinski definition) is 1. The van der Waals surface area contributed by atoms with Gasteiger partial charge in [-0.25, -0.2) is 4.79 Å². The molecule has 3 rings (SSSR count). The topological polar surface area (TPSA) is 40.5 Å². The van der Waals surface area contributed by atoms with Gasteiger partial charge in [0.05, 0.1) is 10.7 Å². The molecule has 3 nitrogen and oxygen atoms in total. The SMILES string of the molecule is CC(C)c1cc(C(=O)O)sc1N1CCSc2ccccc21. The molecule has 1 aliphatic heterocycles. The predicted molar refractivity (Wildman–Crippen MR) is 89.5 cm³/mol. The van der Waals surface area contributed by atoms with Crippen LogP contribution in [0, 0.1) is 0 Å². The molecule has 5 heteroatoms. The second-order valence-electron chi connectivity index (χ2n) is 5.30. The van der Waals surface area contributed by atoms with Crippen molar-refractivity contribution in [2.75, 3.05) is 17.2 Å². The molecule has 0 aliphatic carbocycles. The molecule has 2 aromatic rings. The molecule has 0 amide bonds. The van der Waals surface area contributed by atoms with Crippen LogP contribution in [0.15, 0.2) is 35.2 Å². The van der Waals surface area contributed by atoms with Crippen molar-refractivity contribution in [2.45, 2.75) is 24.7 Å². The Morgan fingerprint density at radius 3 is 2.81 bits per heavy atom. The fourth-order valence-electron chi connectivity index (χ4n) is 2.51. The first-order valence-corrected chi connectivity index (χ1v) is 8.74. The Morgan fingerprint density at radius 2 is 2.10 bits per heavy atom. The lowest BCUT2D eigenvalue weighted by molar-refractivity contribution is 0.0702. The first kappa shape index (κ1) is 14.5. The van der Waals surface area contributed by atoms with Gasteiger partial charge in [-0.15, -0.1) is 23.1 Å². The lowest BCUT2D eigenvalue weighted by atomic mass is 10.1. The monoisotopic (exact) mass is 319 g/mol. The van der Waals surface area contributed by atoms with E-state index in [9.17, 15) is 9.90 Å². The Bertz CT molecular complexity index is 679. The third-order valence-electron chi connectivity index (χ3n) is 3.55. The minimum Gasteiger partial charge on any atom is -0.477 e. The summed E-state index contributed by atoms with van der Waals surface area (Å²) in [6.07, 6.45) is 0. The van der Waals surface area contributed by atoms with Crippen molar-refractivity contribution in [3.63, 3.8) is 0 Å². The molecule has 1 aromatic carbocycles. The van der Waals surface area contributed by atoms with Crippen LogP contribution in [0.3, 0.4) is 0 Å². The van der Waals surface area contributed by atoms with Crippen LogP contribution in [-0.4, -0.2) is 23.4 Å². The van der Waals surface area contributed by atoms with Gasteiger partial charge >= 0.3 is 5.97 Å². The van der Waals surface area contributed by atoms with E-state index in [0.29, 0.717) is 10.8 Å². The van der Waals surface area contributed by atoms with E-state index in [2.05, 4.69) is 36.9 Å². The van der Waals surface area contributed by atoms with Crippen LogP contribution >= 0.6 is 23.1 Å². The molecule has 0 saturated carbocycles. The summed E-state index contributed by atoms with van der Waals surface area (Å²) in [6, 6.07) is 10.2. The molecular weight excluding hydrogens is 302 g/mol. The third-order valence-corrected chi connectivity index (χ3v) is 5.75. The zero-order valence-electron chi connectivity index (χ0n) is 12.0. The van der Waals surface area contributed by atoms with E-state index in [1.165, 1.54) is 21.9 Å². The van der Waals surface area contributed by atoms with Gasteiger partial charge in [0, 0.05) is 17.2 Å². The highest BCUT2D eigenvalue weighted by molar-refractivity contribution is 7.99. The summed E-state index contributed by atoms with van der Waals surface area (Å²) in [5.74, 6) is 0.494. The van der Waals surface area contributed by atoms with Gasteiger partial charge in [-0.05, 0) is 29.7 Å². The fourth-order valence-corrected chi connectivity index (χ4v) is 4.69. The molecule has 0 fully saturated rings. The normalized spacial score (nSPS) is 14.3. The molecular formula is C16H17NO2S2. The maximum atomic E-state index is 11.3. The molecule has 0 bridgehead atoms. The minimum absolute atomic E-state index is 0.311. The zero-order chi connectivity index (χ0) is 15.0. The van der Waals surface area contributed by atoms with Gasteiger partial charge < -0.3 is 10.0 Å². The van der Waals surface area contributed by atoms with E-state index in [-0.39, 0.29) is 0 Å². The van der Waals surface area contributed by atoms with Crippen LogP contribution in [0.4, 0.5) is 10.7 Å². The summed E-state index contributed by atoms with van der Waals surface area (Å²) in [5.41, 5.74) is 2.31. The number of fused-ring (bicyclic) bond motifs is 1. The number of thioether (sulfide) groups is 1. The number of carboxylic acids is 1. The largest absolute Gasteiger partial charge is 0.477 e. The van der Waals surface area contributed by atoms with Gasteiger partial charge in [0.1, 0.15) is 4.88 Å². The van der Waals surface area contributed by atoms with Gasteiger partial charge in [0.2, 0.25) is 0 Å². The number of para-hydroxylation sites is 1. The second kappa shape index (κ2) is 5.73. The van der Waals surface area contributed by atoms with Gasteiger partial charge in [-0.2, -0.15) is 0 Å². The smallest absolute Gasteiger partial charge is 0.345 e. The zero-order valence-corrected chi connectivity index (χ0v) is 13.6. The molecule has 0 atom stereocenters. The Balaban J connectivity index is 2.11. The van der Waals surface area contributed by atoms with Crippen LogP contribution in [0.2, 0.25) is 0 Å². The number of hydrogen-bond acceptors (Lipinski definition) is 4. The summed E-state index contributed by atoms with van der Waals surface area (Å²) in [5, 5.41) is 10.4. The first-order chi connectivity index (χ1) is 10.1. The third kappa shape index (κ3) is 2.68. The molecule has 0 saturated heterocycles. The molecule has 1 aromatic heterocycles.